The molecule has 0 bridgehead atoms. The number of halogens is 1. The first kappa shape index (κ1) is 29.9. The zero-order valence-electron chi connectivity index (χ0n) is 24.9. The summed E-state index contributed by atoms with van der Waals surface area (Å²) in [6, 6.07) is 13.2. The van der Waals surface area contributed by atoms with Gasteiger partial charge in [0.15, 0.2) is 5.60 Å². The standard InChI is InChI=1S/C31H40FN5O5Si/c1-20-29(43(2,3)32)26(9-14-38)42-31(20)24-16-23(36-13-11-34-18-28(36)40)7-8-25(24)37(30(31)41)19-21-5-4-6-22(15-21)35-12-10-33-17-27(35)39/h4-8,15-16,20,26,29,33-34,38H,9-14,17-19H2,1-3H3/t20-,26+,29-,31+/m1/s1. The summed E-state index contributed by atoms with van der Waals surface area (Å²) in [7, 11) is -3.34. The van der Waals surface area contributed by atoms with E-state index in [-0.39, 0.29) is 50.4 Å². The van der Waals surface area contributed by atoms with Crippen LogP contribution in [0.25, 0.3) is 0 Å². The van der Waals surface area contributed by atoms with Crippen LogP contribution < -0.4 is 25.3 Å². The highest BCUT2D eigenvalue weighted by Gasteiger charge is 2.66. The predicted molar refractivity (Wildman–Crippen MR) is 164 cm³/mol. The van der Waals surface area contributed by atoms with E-state index < -0.39 is 31.6 Å². The molecule has 3 N–H and O–H groups in total. The second-order valence-corrected chi connectivity index (χ2v) is 16.3. The van der Waals surface area contributed by atoms with Crippen molar-refractivity contribution in [3.05, 3.63) is 53.6 Å². The van der Waals surface area contributed by atoms with E-state index in [0.717, 1.165) is 11.3 Å². The number of anilines is 3. The number of rotatable bonds is 7. The number of piperazine rings is 2. The van der Waals surface area contributed by atoms with E-state index in [1.165, 1.54) is 0 Å². The number of hydrogen-bond acceptors (Lipinski definition) is 7. The lowest BCUT2D eigenvalue weighted by atomic mass is 9.82. The second kappa shape index (κ2) is 11.4. The molecule has 0 aliphatic carbocycles. The first-order valence-electron chi connectivity index (χ1n) is 15.1. The lowest BCUT2D eigenvalue weighted by Crippen LogP contribution is -2.48. The van der Waals surface area contributed by atoms with Crippen molar-refractivity contribution < 1.29 is 28.3 Å². The van der Waals surface area contributed by atoms with Crippen molar-refractivity contribution >= 4 is 43.2 Å². The summed E-state index contributed by atoms with van der Waals surface area (Å²) in [6.45, 7) is 8.14. The minimum Gasteiger partial charge on any atom is -0.396 e. The molecule has 6 rings (SSSR count). The molecule has 4 heterocycles. The van der Waals surface area contributed by atoms with Crippen molar-refractivity contribution in [2.75, 3.05) is 60.6 Å². The lowest BCUT2D eigenvalue weighted by Gasteiger charge is -2.32. The SMILES string of the molecule is C[C@@H]1[C@@H]([Si](C)(C)F)[C@H](CCO)O[C@@]12C(=O)N(Cc1cccc(N3CCNCC3=O)c1)c1ccc(N3CCNCC3=O)cc12. The van der Waals surface area contributed by atoms with Crippen molar-refractivity contribution in [2.45, 2.75) is 50.2 Å². The topological polar surface area (TPSA) is 114 Å². The Kier molecular flexibility index (Phi) is 7.92. The van der Waals surface area contributed by atoms with Crippen LogP contribution in [-0.2, 0) is 31.3 Å². The summed E-state index contributed by atoms with van der Waals surface area (Å²) in [5, 5.41) is 16.0. The van der Waals surface area contributed by atoms with Gasteiger partial charge in [-0.3, -0.25) is 14.4 Å². The molecule has 4 aliphatic heterocycles. The van der Waals surface area contributed by atoms with E-state index in [4.69, 9.17) is 4.74 Å². The van der Waals surface area contributed by atoms with E-state index in [2.05, 4.69) is 10.6 Å². The molecule has 4 aliphatic rings. The van der Waals surface area contributed by atoms with E-state index in [1.807, 2.05) is 49.4 Å². The van der Waals surface area contributed by atoms with Crippen molar-refractivity contribution in [1.82, 2.24) is 10.6 Å². The summed E-state index contributed by atoms with van der Waals surface area (Å²) < 4.78 is 22.6. The fourth-order valence-electron chi connectivity index (χ4n) is 7.52. The Morgan fingerprint density at radius 2 is 1.65 bits per heavy atom. The predicted octanol–water partition coefficient (Wildman–Crippen LogP) is 2.26. The average Bonchev–Trinajstić information content (AvgIpc) is 3.40. The highest BCUT2D eigenvalue weighted by atomic mass is 28.4. The van der Waals surface area contributed by atoms with Crippen LogP contribution in [0.2, 0.25) is 18.6 Å². The number of ether oxygens (including phenoxy) is 1. The Morgan fingerprint density at radius 1 is 1.00 bits per heavy atom. The molecule has 0 unspecified atom stereocenters. The Hall–Kier alpha value is -3.16. The first-order valence-corrected chi connectivity index (χ1v) is 18.1. The molecule has 2 aromatic rings. The molecular weight excluding hydrogens is 569 g/mol. The van der Waals surface area contributed by atoms with Crippen molar-refractivity contribution in [3.63, 3.8) is 0 Å². The summed E-state index contributed by atoms with van der Waals surface area (Å²) >= 11 is 0. The zero-order valence-corrected chi connectivity index (χ0v) is 25.9. The largest absolute Gasteiger partial charge is 0.396 e. The third-order valence-corrected chi connectivity index (χ3v) is 11.9. The zero-order chi connectivity index (χ0) is 30.5. The minimum absolute atomic E-state index is 0.00733. The molecule has 12 heteroatoms. The van der Waals surface area contributed by atoms with Gasteiger partial charge in [0.2, 0.25) is 20.2 Å². The van der Waals surface area contributed by atoms with Crippen molar-refractivity contribution in [1.29, 1.82) is 0 Å². The molecule has 1 spiro atoms. The fraction of sp³-hybridized carbons (Fsp3) is 0.516. The van der Waals surface area contributed by atoms with Gasteiger partial charge in [0.25, 0.3) is 5.91 Å². The minimum atomic E-state index is -3.34. The van der Waals surface area contributed by atoms with Gasteiger partial charge >= 0.3 is 0 Å². The number of aliphatic hydroxyl groups is 1. The fourth-order valence-corrected chi connectivity index (χ4v) is 10.1. The quantitative estimate of drug-likeness (QED) is 0.326. The lowest BCUT2D eigenvalue weighted by molar-refractivity contribution is -0.146. The molecule has 43 heavy (non-hydrogen) atoms. The molecule has 3 fully saturated rings. The molecule has 230 valence electrons. The number of aliphatic hydroxyl groups excluding tert-OH is 1. The summed E-state index contributed by atoms with van der Waals surface area (Å²) in [5.41, 5.74) is 1.62. The number of fused-ring (bicyclic) bond motifs is 2. The van der Waals surface area contributed by atoms with E-state index in [9.17, 15) is 19.5 Å². The van der Waals surface area contributed by atoms with E-state index in [0.29, 0.717) is 43.1 Å². The van der Waals surface area contributed by atoms with Crippen LogP contribution in [0.15, 0.2) is 42.5 Å². The Balaban J connectivity index is 1.42. The third-order valence-electron chi connectivity index (χ3n) is 9.41. The average molecular weight is 610 g/mol. The number of carbonyl (C=O) groups is 3. The van der Waals surface area contributed by atoms with Crippen LogP contribution in [0, 0.1) is 5.92 Å². The summed E-state index contributed by atoms with van der Waals surface area (Å²) in [4.78, 5) is 45.2. The van der Waals surface area contributed by atoms with Crippen LogP contribution >= 0.6 is 0 Å². The van der Waals surface area contributed by atoms with Gasteiger partial charge in [0.1, 0.15) is 0 Å². The number of benzene rings is 2. The van der Waals surface area contributed by atoms with Crippen LogP contribution in [-0.4, -0.2) is 83.2 Å². The summed E-state index contributed by atoms with van der Waals surface area (Å²) in [6.07, 6.45) is -0.383. The highest BCUT2D eigenvalue weighted by molar-refractivity contribution is 6.72. The Morgan fingerprint density at radius 3 is 2.26 bits per heavy atom. The molecule has 0 aromatic heterocycles. The molecule has 3 saturated heterocycles. The van der Waals surface area contributed by atoms with Gasteiger partial charge in [-0.25, -0.2) is 0 Å². The second-order valence-electron chi connectivity index (χ2n) is 12.5. The van der Waals surface area contributed by atoms with Crippen molar-refractivity contribution in [2.24, 2.45) is 5.92 Å². The molecule has 10 nitrogen and oxygen atoms in total. The third kappa shape index (κ3) is 5.08. The van der Waals surface area contributed by atoms with Gasteiger partial charge in [-0.05, 0) is 55.4 Å². The molecular formula is C31H40FN5O5Si. The Bertz CT molecular complexity index is 1440. The molecule has 0 saturated carbocycles. The van der Waals surface area contributed by atoms with Crippen LogP contribution in [0.5, 0.6) is 0 Å². The number of nitrogens with one attached hydrogen (secondary N) is 2. The van der Waals surface area contributed by atoms with Gasteiger partial charge in [-0.15, -0.1) is 0 Å². The smallest absolute Gasteiger partial charge is 0.264 e. The molecule has 0 radical (unpaired) electrons. The number of nitrogens with zero attached hydrogens (tertiary/aromatic N) is 3. The number of amides is 3. The van der Waals surface area contributed by atoms with E-state index in [1.54, 1.807) is 27.8 Å². The van der Waals surface area contributed by atoms with Gasteiger partial charge in [-0.1, -0.05) is 19.1 Å². The maximum Gasteiger partial charge on any atom is 0.264 e. The van der Waals surface area contributed by atoms with Crippen LogP contribution in [0.3, 0.4) is 0 Å². The van der Waals surface area contributed by atoms with Crippen LogP contribution in [0.4, 0.5) is 21.2 Å². The molecule has 2 aromatic carbocycles. The van der Waals surface area contributed by atoms with E-state index >= 15 is 4.11 Å². The number of carbonyl (C=O) groups excluding carboxylic acids is 3. The monoisotopic (exact) mass is 609 g/mol. The summed E-state index contributed by atoms with van der Waals surface area (Å²) in [5.74, 6) is -0.835. The highest BCUT2D eigenvalue weighted by Crippen LogP contribution is 2.60. The van der Waals surface area contributed by atoms with Gasteiger partial charge in [-0.2, -0.15) is 0 Å². The maximum atomic E-state index is 15.9. The van der Waals surface area contributed by atoms with Gasteiger partial charge < -0.3 is 39.3 Å². The van der Waals surface area contributed by atoms with Gasteiger partial charge in [0, 0.05) is 61.2 Å². The normalized spacial score (nSPS) is 27.9. The van der Waals surface area contributed by atoms with Crippen molar-refractivity contribution in [3.8, 4) is 0 Å². The molecule has 4 atom stereocenters. The molecule has 3 amide bonds. The van der Waals surface area contributed by atoms with Crippen LogP contribution in [0.1, 0.15) is 24.5 Å². The first-order chi connectivity index (χ1) is 20.6. The number of hydrogen-bond donors (Lipinski definition) is 3. The van der Waals surface area contributed by atoms with Gasteiger partial charge in [0.05, 0.1) is 31.4 Å². The maximum absolute atomic E-state index is 15.9. The Labute approximate surface area is 252 Å².